The molecule has 3 aliphatic rings. The van der Waals surface area contributed by atoms with Crippen LogP contribution in [0, 0.1) is 11.8 Å². The minimum absolute atomic E-state index is 0.00871. The van der Waals surface area contributed by atoms with Crippen LogP contribution in [0.1, 0.15) is 61.9 Å². The molecule has 1 saturated carbocycles. The van der Waals surface area contributed by atoms with Gasteiger partial charge in [-0.15, -0.1) is 0 Å². The highest BCUT2D eigenvalue weighted by atomic mass is 19.4. The molecule has 0 bridgehead atoms. The van der Waals surface area contributed by atoms with Gasteiger partial charge in [0.1, 0.15) is 6.61 Å². The second-order valence-corrected chi connectivity index (χ2v) is 10.1. The van der Waals surface area contributed by atoms with E-state index in [9.17, 15) is 27.9 Å². The first-order valence-electron chi connectivity index (χ1n) is 12.7. The van der Waals surface area contributed by atoms with Gasteiger partial charge in [0.05, 0.1) is 17.6 Å². The summed E-state index contributed by atoms with van der Waals surface area (Å²) in [5.74, 6) is -2.00. The SMILES string of the molecule is O=C(NCC1(O)CCOCC1)c1ncccc1OCC1CCCN1C(=O)C1CCC(C(F)(F)F)CC1. The second-order valence-electron chi connectivity index (χ2n) is 10.1. The highest BCUT2D eigenvalue weighted by Crippen LogP contribution is 2.40. The molecule has 1 unspecified atom stereocenters. The van der Waals surface area contributed by atoms with Gasteiger partial charge in [-0.3, -0.25) is 9.59 Å². The van der Waals surface area contributed by atoms with Crippen LogP contribution in [0.15, 0.2) is 18.3 Å². The lowest BCUT2D eigenvalue weighted by molar-refractivity contribution is -0.185. The second kappa shape index (κ2) is 11.3. The van der Waals surface area contributed by atoms with Gasteiger partial charge in [-0.2, -0.15) is 13.2 Å². The summed E-state index contributed by atoms with van der Waals surface area (Å²) in [7, 11) is 0. The van der Waals surface area contributed by atoms with Crippen molar-refractivity contribution in [3.05, 3.63) is 24.0 Å². The maximum absolute atomic E-state index is 13.1. The number of aliphatic hydroxyl groups is 1. The number of aromatic nitrogens is 1. The molecule has 2 aliphatic heterocycles. The molecule has 1 aliphatic carbocycles. The van der Waals surface area contributed by atoms with E-state index in [4.69, 9.17) is 9.47 Å². The number of rotatable bonds is 7. The summed E-state index contributed by atoms with van der Waals surface area (Å²) in [6.07, 6.45) is 0.140. The Morgan fingerprint density at radius 1 is 1.19 bits per heavy atom. The summed E-state index contributed by atoms with van der Waals surface area (Å²) < 4.78 is 50.1. The molecule has 11 heteroatoms. The van der Waals surface area contributed by atoms with Gasteiger partial charge >= 0.3 is 6.18 Å². The largest absolute Gasteiger partial charge is 0.489 e. The Balaban J connectivity index is 1.32. The molecule has 1 aromatic rings. The molecule has 2 saturated heterocycles. The average molecular weight is 514 g/mol. The number of nitrogens with one attached hydrogen (secondary N) is 1. The number of carbonyl (C=O) groups is 2. The Bertz CT molecular complexity index is 914. The quantitative estimate of drug-likeness (QED) is 0.581. The fraction of sp³-hybridized carbons (Fsp3) is 0.720. The predicted octanol–water partition coefficient (Wildman–Crippen LogP) is 3.09. The van der Waals surface area contributed by atoms with Crippen LogP contribution in [0.25, 0.3) is 0 Å². The molecule has 200 valence electrons. The van der Waals surface area contributed by atoms with Crippen molar-refractivity contribution in [3.63, 3.8) is 0 Å². The topological polar surface area (TPSA) is 101 Å². The van der Waals surface area contributed by atoms with Gasteiger partial charge in [0.25, 0.3) is 5.91 Å². The molecule has 2 N–H and O–H groups in total. The van der Waals surface area contributed by atoms with Gasteiger partial charge < -0.3 is 24.8 Å². The van der Waals surface area contributed by atoms with Crippen LogP contribution in [0.5, 0.6) is 5.75 Å². The Kier molecular flexibility index (Phi) is 8.39. The van der Waals surface area contributed by atoms with Crippen LogP contribution < -0.4 is 10.1 Å². The van der Waals surface area contributed by atoms with Crippen molar-refractivity contribution < 1.29 is 37.3 Å². The third kappa shape index (κ3) is 6.47. The number of likely N-dealkylation sites (tertiary alicyclic amines) is 1. The van der Waals surface area contributed by atoms with Gasteiger partial charge in [-0.25, -0.2) is 4.98 Å². The number of hydrogen-bond acceptors (Lipinski definition) is 6. The normalized spacial score (nSPS) is 26.4. The molecule has 1 aromatic heterocycles. The highest BCUT2D eigenvalue weighted by Gasteiger charge is 2.44. The Labute approximate surface area is 208 Å². The molecule has 4 rings (SSSR count). The summed E-state index contributed by atoms with van der Waals surface area (Å²) in [5, 5.41) is 13.3. The van der Waals surface area contributed by atoms with E-state index in [1.807, 2.05) is 0 Å². The monoisotopic (exact) mass is 513 g/mol. The zero-order valence-corrected chi connectivity index (χ0v) is 20.3. The van der Waals surface area contributed by atoms with E-state index in [0.717, 1.165) is 12.8 Å². The smallest absolute Gasteiger partial charge is 0.391 e. The van der Waals surface area contributed by atoms with Crippen molar-refractivity contribution >= 4 is 11.8 Å². The summed E-state index contributed by atoms with van der Waals surface area (Å²) in [5.41, 5.74) is -0.928. The van der Waals surface area contributed by atoms with Crippen molar-refractivity contribution in [2.24, 2.45) is 11.8 Å². The number of halogens is 3. The van der Waals surface area contributed by atoms with Gasteiger partial charge in [-0.1, -0.05) is 0 Å². The molecule has 0 spiro atoms. The molecule has 36 heavy (non-hydrogen) atoms. The number of amides is 2. The fourth-order valence-corrected chi connectivity index (χ4v) is 5.32. The van der Waals surface area contributed by atoms with Gasteiger partial charge in [0.2, 0.25) is 5.91 Å². The van der Waals surface area contributed by atoms with Crippen LogP contribution in [-0.2, 0) is 9.53 Å². The maximum atomic E-state index is 13.1. The molecule has 3 fully saturated rings. The van der Waals surface area contributed by atoms with Gasteiger partial charge in [-0.05, 0) is 50.7 Å². The Hall–Kier alpha value is -2.40. The van der Waals surface area contributed by atoms with Gasteiger partial charge in [0, 0.05) is 51.3 Å². The Morgan fingerprint density at radius 3 is 2.61 bits per heavy atom. The van der Waals surface area contributed by atoms with Crippen LogP contribution in [0.3, 0.4) is 0 Å². The molecule has 8 nitrogen and oxygen atoms in total. The Morgan fingerprint density at radius 2 is 1.92 bits per heavy atom. The minimum Gasteiger partial charge on any atom is -0.489 e. The molecule has 0 radical (unpaired) electrons. The van der Waals surface area contributed by atoms with E-state index in [1.165, 1.54) is 6.20 Å². The minimum atomic E-state index is -4.20. The summed E-state index contributed by atoms with van der Waals surface area (Å²) >= 11 is 0. The molecule has 2 amide bonds. The van der Waals surface area contributed by atoms with Crippen molar-refractivity contribution in [2.45, 2.75) is 69.2 Å². The van der Waals surface area contributed by atoms with Crippen LogP contribution >= 0.6 is 0 Å². The zero-order chi connectivity index (χ0) is 25.8. The molecule has 1 atom stereocenters. The van der Waals surface area contributed by atoms with E-state index in [0.29, 0.717) is 32.6 Å². The highest BCUT2D eigenvalue weighted by molar-refractivity contribution is 5.94. The number of ether oxygens (including phenoxy) is 2. The number of nitrogens with zero attached hydrogens (tertiary/aromatic N) is 2. The first-order chi connectivity index (χ1) is 17.2. The third-order valence-electron chi connectivity index (χ3n) is 7.62. The number of hydrogen-bond donors (Lipinski definition) is 2. The van der Waals surface area contributed by atoms with E-state index in [2.05, 4.69) is 10.3 Å². The molecular weight excluding hydrogens is 479 g/mol. The number of pyridine rings is 1. The first-order valence-corrected chi connectivity index (χ1v) is 12.7. The standard InChI is InChI=1S/C25H34F3N3O5/c26-25(27,28)18-7-5-17(6-8-18)23(33)31-12-2-3-19(31)15-36-20-4-1-11-29-21(20)22(32)30-16-24(34)9-13-35-14-10-24/h1,4,11,17-19,34H,2-3,5-10,12-16H2,(H,30,32). The van der Waals surface area contributed by atoms with Crippen molar-refractivity contribution in [1.82, 2.24) is 15.2 Å². The third-order valence-corrected chi connectivity index (χ3v) is 7.62. The first kappa shape index (κ1) is 26.7. The van der Waals surface area contributed by atoms with E-state index in [-0.39, 0.29) is 68.1 Å². The predicted molar refractivity (Wildman–Crippen MR) is 123 cm³/mol. The van der Waals surface area contributed by atoms with E-state index >= 15 is 0 Å². The van der Waals surface area contributed by atoms with Crippen LogP contribution in [-0.4, -0.2) is 77.5 Å². The average Bonchev–Trinajstić information content (AvgIpc) is 3.34. The van der Waals surface area contributed by atoms with Crippen molar-refractivity contribution in [3.8, 4) is 5.75 Å². The lowest BCUT2D eigenvalue weighted by Gasteiger charge is -2.33. The van der Waals surface area contributed by atoms with E-state index in [1.54, 1.807) is 17.0 Å². The number of carbonyl (C=O) groups excluding carboxylic acids is 2. The lowest BCUT2D eigenvalue weighted by Crippen LogP contribution is -2.46. The summed E-state index contributed by atoms with van der Waals surface area (Å²) in [6.45, 7) is 1.66. The lowest BCUT2D eigenvalue weighted by atomic mass is 9.81. The molecule has 3 heterocycles. The van der Waals surface area contributed by atoms with Crippen LogP contribution in [0.2, 0.25) is 0 Å². The molecular formula is C25H34F3N3O5. The maximum Gasteiger partial charge on any atom is 0.391 e. The van der Waals surface area contributed by atoms with Crippen molar-refractivity contribution in [2.75, 3.05) is 32.9 Å². The summed E-state index contributed by atoms with van der Waals surface area (Å²) in [4.78, 5) is 31.8. The van der Waals surface area contributed by atoms with Crippen molar-refractivity contribution in [1.29, 1.82) is 0 Å². The van der Waals surface area contributed by atoms with E-state index < -0.39 is 23.6 Å². The van der Waals surface area contributed by atoms with Gasteiger partial charge in [0.15, 0.2) is 11.4 Å². The summed E-state index contributed by atoms with van der Waals surface area (Å²) in [6, 6.07) is 3.07. The number of alkyl halides is 3. The zero-order valence-electron chi connectivity index (χ0n) is 20.3. The van der Waals surface area contributed by atoms with Crippen LogP contribution in [0.4, 0.5) is 13.2 Å². The fourth-order valence-electron chi connectivity index (χ4n) is 5.32. The molecule has 0 aromatic carbocycles.